The van der Waals surface area contributed by atoms with Crippen LogP contribution in [0.4, 0.5) is 4.39 Å². The van der Waals surface area contributed by atoms with E-state index in [-0.39, 0.29) is 40.0 Å². The van der Waals surface area contributed by atoms with Crippen LogP contribution in [-0.2, 0) is 4.79 Å². The standard InChI is InChI=1S/C20H18ClFN4O4/c21-14-2-1-11(5-15(14)22)30-7-16(27)25-19-8-20(9-19,10-19)26-18(29)13-6-24-4-3-12(13)17(23)28/h1-6H,7-10H2,(H2,23,28)(H,25,27)(H,26,29). The molecule has 0 saturated heterocycles. The molecule has 3 amide bonds. The minimum absolute atomic E-state index is 0.0257. The minimum atomic E-state index is -0.704. The van der Waals surface area contributed by atoms with Gasteiger partial charge in [-0.3, -0.25) is 19.4 Å². The topological polar surface area (TPSA) is 123 Å². The molecule has 0 radical (unpaired) electrons. The van der Waals surface area contributed by atoms with E-state index in [1.807, 2.05) is 0 Å². The number of benzene rings is 1. The van der Waals surface area contributed by atoms with Crippen LogP contribution in [0.15, 0.2) is 36.7 Å². The summed E-state index contributed by atoms with van der Waals surface area (Å²) >= 11 is 5.61. The molecule has 0 spiro atoms. The van der Waals surface area contributed by atoms with Crippen LogP contribution in [0, 0.1) is 5.82 Å². The van der Waals surface area contributed by atoms with E-state index in [0.717, 1.165) is 6.07 Å². The summed E-state index contributed by atoms with van der Waals surface area (Å²) in [6, 6.07) is 5.33. The number of nitrogens with zero attached hydrogens (tertiary/aromatic N) is 1. The van der Waals surface area contributed by atoms with Crippen LogP contribution in [0.2, 0.25) is 5.02 Å². The quantitative estimate of drug-likeness (QED) is 0.612. The second kappa shape index (κ2) is 7.24. The van der Waals surface area contributed by atoms with Crippen molar-refractivity contribution < 1.29 is 23.5 Å². The molecule has 3 fully saturated rings. The number of nitrogens with two attached hydrogens (primary N) is 1. The minimum Gasteiger partial charge on any atom is -0.484 e. The summed E-state index contributed by atoms with van der Waals surface area (Å²) < 4.78 is 18.7. The van der Waals surface area contributed by atoms with E-state index in [1.165, 1.54) is 30.6 Å². The molecule has 4 N–H and O–H groups in total. The van der Waals surface area contributed by atoms with Gasteiger partial charge in [-0.2, -0.15) is 0 Å². The first-order valence-electron chi connectivity index (χ1n) is 9.16. The van der Waals surface area contributed by atoms with Gasteiger partial charge >= 0.3 is 0 Å². The molecule has 30 heavy (non-hydrogen) atoms. The van der Waals surface area contributed by atoms with Gasteiger partial charge in [0.25, 0.3) is 11.8 Å². The van der Waals surface area contributed by atoms with Crippen LogP contribution in [0.25, 0.3) is 0 Å². The average molecular weight is 433 g/mol. The number of carbonyl (C=O) groups is 3. The Morgan fingerprint density at radius 1 is 1.13 bits per heavy atom. The first-order valence-corrected chi connectivity index (χ1v) is 9.54. The number of rotatable bonds is 7. The highest BCUT2D eigenvalue weighted by molar-refractivity contribution is 6.30. The van der Waals surface area contributed by atoms with Gasteiger partial charge in [-0.1, -0.05) is 11.6 Å². The predicted molar refractivity (Wildman–Crippen MR) is 105 cm³/mol. The fraction of sp³-hybridized carbons (Fsp3) is 0.300. The highest BCUT2D eigenvalue weighted by atomic mass is 35.5. The zero-order chi connectivity index (χ0) is 21.5. The maximum atomic E-state index is 13.4. The Morgan fingerprint density at radius 3 is 2.50 bits per heavy atom. The lowest BCUT2D eigenvalue weighted by atomic mass is 9.44. The molecule has 5 rings (SSSR count). The van der Waals surface area contributed by atoms with Crippen LogP contribution in [0.3, 0.4) is 0 Å². The van der Waals surface area contributed by atoms with Gasteiger partial charge < -0.3 is 21.1 Å². The van der Waals surface area contributed by atoms with E-state index in [0.29, 0.717) is 19.3 Å². The van der Waals surface area contributed by atoms with Crippen molar-refractivity contribution in [2.24, 2.45) is 5.73 Å². The van der Waals surface area contributed by atoms with Gasteiger partial charge in [0, 0.05) is 29.5 Å². The monoisotopic (exact) mass is 432 g/mol. The van der Waals surface area contributed by atoms with Crippen molar-refractivity contribution in [2.45, 2.75) is 30.3 Å². The van der Waals surface area contributed by atoms with Gasteiger partial charge in [-0.15, -0.1) is 0 Å². The number of aromatic nitrogens is 1. The van der Waals surface area contributed by atoms with E-state index in [1.54, 1.807) is 0 Å². The van der Waals surface area contributed by atoms with Crippen LogP contribution < -0.4 is 21.1 Å². The lowest BCUT2D eigenvalue weighted by Gasteiger charge is -2.70. The molecule has 0 aliphatic heterocycles. The molecule has 1 aromatic heterocycles. The predicted octanol–water partition coefficient (Wildman–Crippen LogP) is 1.57. The van der Waals surface area contributed by atoms with Gasteiger partial charge in [0.1, 0.15) is 11.6 Å². The summed E-state index contributed by atoms with van der Waals surface area (Å²) in [6.07, 6.45) is 4.40. The normalized spacial score (nSPS) is 23.5. The van der Waals surface area contributed by atoms with Crippen LogP contribution in [-0.4, -0.2) is 40.4 Å². The fourth-order valence-electron chi connectivity index (χ4n) is 4.20. The Labute approximate surface area is 175 Å². The number of hydrogen-bond donors (Lipinski definition) is 3. The largest absolute Gasteiger partial charge is 0.484 e. The van der Waals surface area contributed by atoms with Gasteiger partial charge in [0.05, 0.1) is 16.1 Å². The number of hydrogen-bond acceptors (Lipinski definition) is 5. The molecule has 8 nitrogen and oxygen atoms in total. The third-order valence-corrected chi connectivity index (χ3v) is 5.71. The smallest absolute Gasteiger partial charge is 0.258 e. The lowest BCUT2D eigenvalue weighted by Crippen LogP contribution is -2.84. The van der Waals surface area contributed by atoms with E-state index < -0.39 is 23.2 Å². The molecular weight excluding hydrogens is 415 g/mol. The van der Waals surface area contributed by atoms with E-state index >= 15 is 0 Å². The van der Waals surface area contributed by atoms with Crippen molar-refractivity contribution in [1.29, 1.82) is 0 Å². The first kappa shape index (κ1) is 20.1. The van der Waals surface area contributed by atoms with Gasteiger partial charge in [0.2, 0.25) is 5.91 Å². The maximum absolute atomic E-state index is 13.4. The zero-order valence-corrected chi connectivity index (χ0v) is 16.5. The molecule has 3 aliphatic rings. The van der Waals surface area contributed by atoms with Crippen LogP contribution >= 0.6 is 11.6 Å². The number of halogens is 2. The number of nitrogens with one attached hydrogen (secondary N) is 2. The highest BCUT2D eigenvalue weighted by Crippen LogP contribution is 2.60. The fourth-order valence-corrected chi connectivity index (χ4v) is 4.32. The number of pyridine rings is 1. The van der Waals surface area contributed by atoms with Crippen LogP contribution in [0.5, 0.6) is 5.75 Å². The molecule has 2 bridgehead atoms. The highest BCUT2D eigenvalue weighted by Gasteiger charge is 2.69. The van der Waals surface area contributed by atoms with Crippen molar-refractivity contribution in [3.05, 3.63) is 58.6 Å². The third kappa shape index (κ3) is 3.68. The Kier molecular flexibility index (Phi) is 4.85. The number of ether oxygens (including phenoxy) is 1. The summed E-state index contributed by atoms with van der Waals surface area (Å²) in [6.45, 7) is -0.264. The maximum Gasteiger partial charge on any atom is 0.258 e. The molecule has 1 heterocycles. The van der Waals surface area contributed by atoms with Gasteiger partial charge in [-0.05, 0) is 37.5 Å². The van der Waals surface area contributed by atoms with E-state index in [9.17, 15) is 18.8 Å². The van der Waals surface area contributed by atoms with Crippen molar-refractivity contribution >= 4 is 29.3 Å². The van der Waals surface area contributed by atoms with Crippen LogP contribution in [0.1, 0.15) is 40.0 Å². The first-order chi connectivity index (χ1) is 14.2. The van der Waals surface area contributed by atoms with Crippen molar-refractivity contribution in [2.75, 3.05) is 6.61 Å². The molecule has 10 heteroatoms. The van der Waals surface area contributed by atoms with E-state index in [4.69, 9.17) is 22.1 Å². The second-order valence-corrected chi connectivity index (χ2v) is 8.15. The molecule has 3 saturated carbocycles. The van der Waals surface area contributed by atoms with Gasteiger partial charge in [0.15, 0.2) is 6.61 Å². The number of amides is 3. The van der Waals surface area contributed by atoms with Crippen molar-refractivity contribution in [3.63, 3.8) is 0 Å². The average Bonchev–Trinajstić information content (AvgIpc) is 2.66. The SMILES string of the molecule is NC(=O)c1ccncc1C(=O)NC12CC(NC(=O)COc3ccc(Cl)c(F)c3)(C1)C2. The van der Waals surface area contributed by atoms with Crippen molar-refractivity contribution in [1.82, 2.24) is 15.6 Å². The molecule has 156 valence electrons. The number of carbonyl (C=O) groups excluding carboxylic acids is 3. The molecule has 1 aromatic carbocycles. The molecule has 0 atom stereocenters. The Balaban J connectivity index is 1.27. The lowest BCUT2D eigenvalue weighted by molar-refractivity contribution is -0.141. The Hall–Kier alpha value is -3.20. The zero-order valence-electron chi connectivity index (χ0n) is 15.7. The molecule has 3 aliphatic carbocycles. The Morgan fingerprint density at radius 2 is 1.83 bits per heavy atom. The Bertz CT molecular complexity index is 1040. The molecular formula is C20H18ClFN4O4. The summed E-state index contributed by atoms with van der Waals surface area (Å²) in [5.41, 5.74) is 4.72. The van der Waals surface area contributed by atoms with Gasteiger partial charge in [-0.25, -0.2) is 4.39 Å². The van der Waals surface area contributed by atoms with Crippen molar-refractivity contribution in [3.8, 4) is 5.75 Å². The summed E-state index contributed by atoms with van der Waals surface area (Å²) in [5.74, 6) is -1.89. The molecule has 0 unspecified atom stereocenters. The molecule has 2 aromatic rings. The third-order valence-electron chi connectivity index (χ3n) is 5.41. The number of primary amides is 1. The summed E-state index contributed by atoms with van der Waals surface area (Å²) in [5, 5.41) is 5.79. The summed E-state index contributed by atoms with van der Waals surface area (Å²) in [4.78, 5) is 40.1. The second-order valence-electron chi connectivity index (χ2n) is 7.74. The summed E-state index contributed by atoms with van der Waals surface area (Å²) in [7, 11) is 0. The van der Waals surface area contributed by atoms with E-state index in [2.05, 4.69) is 15.6 Å².